The molecule has 0 unspecified atom stereocenters. The standard InChI is InChI=1S/C28H29N5OS.C28H22N4OS/c1-20-5-8-24(16-23(20)17-27-31-26(19-35-27)22-4-3-11-29-18-22)30-28(34)21-6-9-25(10-7-21)33-14-12-32(2)13-15-33;1-19-12-13-24(16-25(19)31-28-32-26(18-34-28)23-11-6-14-29-17-23)30-27(33)22-10-5-9-21(15-22)20-7-3-2-4-8-20/h3-11,16,18-19H,12-15,17H2,1-2H3,(H,30,34);2-18H,1H3,(H,30,33)(H,31,32). The number of rotatable bonds is 12. The zero-order valence-corrected chi connectivity index (χ0v) is 40.2. The van der Waals surface area contributed by atoms with Crippen LogP contribution in [0.5, 0.6) is 0 Å². The molecule has 0 atom stereocenters. The lowest BCUT2D eigenvalue weighted by molar-refractivity contribution is 0.101. The van der Waals surface area contributed by atoms with E-state index in [-0.39, 0.29) is 11.8 Å². The van der Waals surface area contributed by atoms with Crippen molar-refractivity contribution in [3.8, 4) is 33.6 Å². The van der Waals surface area contributed by atoms with Crippen LogP contribution >= 0.6 is 22.7 Å². The van der Waals surface area contributed by atoms with Crippen LogP contribution in [0, 0.1) is 13.8 Å². The highest BCUT2D eigenvalue weighted by atomic mass is 32.1. The number of thiazole rings is 2. The summed E-state index contributed by atoms with van der Waals surface area (Å²) in [7, 11) is 2.15. The molecule has 5 aromatic carbocycles. The lowest BCUT2D eigenvalue weighted by atomic mass is 10.0. The van der Waals surface area contributed by atoms with Gasteiger partial charge >= 0.3 is 0 Å². The van der Waals surface area contributed by atoms with E-state index in [1.165, 1.54) is 22.6 Å². The van der Waals surface area contributed by atoms with Crippen LogP contribution in [0.25, 0.3) is 33.6 Å². The summed E-state index contributed by atoms with van der Waals surface area (Å²) in [6, 6.07) is 45.3. The molecule has 10 rings (SSSR count). The van der Waals surface area contributed by atoms with E-state index in [0.29, 0.717) is 16.8 Å². The number of carbonyl (C=O) groups excluding carboxylic acids is 2. The number of hydrogen-bond donors (Lipinski definition) is 3. The van der Waals surface area contributed by atoms with Gasteiger partial charge in [0.25, 0.3) is 11.8 Å². The number of piperazine rings is 1. The van der Waals surface area contributed by atoms with Gasteiger partial charge in [0.05, 0.1) is 16.4 Å². The molecule has 344 valence electrons. The topological polar surface area (TPSA) is 128 Å². The summed E-state index contributed by atoms with van der Waals surface area (Å²) < 4.78 is 0. The molecule has 11 nitrogen and oxygen atoms in total. The highest BCUT2D eigenvalue weighted by Crippen LogP contribution is 2.31. The van der Waals surface area contributed by atoms with E-state index < -0.39 is 0 Å². The molecule has 69 heavy (non-hydrogen) atoms. The number of benzene rings is 5. The number of carbonyl (C=O) groups is 2. The first kappa shape index (κ1) is 46.3. The maximum Gasteiger partial charge on any atom is 0.255 e. The normalized spacial score (nSPS) is 12.4. The van der Waals surface area contributed by atoms with Crippen LogP contribution in [-0.4, -0.2) is 69.9 Å². The summed E-state index contributed by atoms with van der Waals surface area (Å²) in [6.45, 7) is 8.25. The number of nitrogens with one attached hydrogen (secondary N) is 3. The number of anilines is 5. The highest BCUT2D eigenvalue weighted by molar-refractivity contribution is 7.14. The number of pyridine rings is 2. The summed E-state index contributed by atoms with van der Waals surface area (Å²) in [4.78, 5) is 48.4. The summed E-state index contributed by atoms with van der Waals surface area (Å²) in [5.41, 5.74) is 14.1. The van der Waals surface area contributed by atoms with Gasteiger partial charge in [-0.05, 0) is 134 Å². The smallest absolute Gasteiger partial charge is 0.255 e. The van der Waals surface area contributed by atoms with Gasteiger partial charge in [0.2, 0.25) is 0 Å². The Balaban J connectivity index is 0.000000172. The first-order chi connectivity index (χ1) is 33.7. The second-order valence-electron chi connectivity index (χ2n) is 16.8. The van der Waals surface area contributed by atoms with E-state index in [1.807, 2.05) is 146 Å². The SMILES string of the molecule is Cc1ccc(NC(=O)c2ccc(N3CCN(C)CC3)cc2)cc1Cc1nc(-c2cccnc2)cs1.Cc1ccc(NC(=O)c2cccc(-c3ccccc3)c2)cc1Nc1nc(-c2cccnc2)cs1. The van der Waals surface area contributed by atoms with Gasteiger partial charge < -0.3 is 25.8 Å². The minimum absolute atomic E-state index is 0.0992. The van der Waals surface area contributed by atoms with Crippen molar-refractivity contribution in [2.75, 3.05) is 54.1 Å². The van der Waals surface area contributed by atoms with Gasteiger partial charge in [0.15, 0.2) is 5.13 Å². The van der Waals surface area contributed by atoms with Gasteiger partial charge in [-0.15, -0.1) is 22.7 Å². The first-order valence-electron chi connectivity index (χ1n) is 22.7. The van der Waals surface area contributed by atoms with Crippen LogP contribution in [0.15, 0.2) is 175 Å². The molecule has 13 heteroatoms. The Morgan fingerprint density at radius 3 is 1.90 bits per heavy atom. The third-order valence-electron chi connectivity index (χ3n) is 11.9. The average molecular weight is 946 g/mol. The number of amides is 2. The molecule has 3 N–H and O–H groups in total. The quantitative estimate of drug-likeness (QED) is 0.110. The van der Waals surface area contributed by atoms with Crippen LogP contribution in [-0.2, 0) is 6.42 Å². The molecule has 5 heterocycles. The molecule has 1 aliphatic heterocycles. The lowest BCUT2D eigenvalue weighted by Crippen LogP contribution is -2.44. The lowest BCUT2D eigenvalue weighted by Gasteiger charge is -2.34. The van der Waals surface area contributed by atoms with Crippen molar-refractivity contribution in [2.45, 2.75) is 20.3 Å². The summed E-state index contributed by atoms with van der Waals surface area (Å²) >= 11 is 3.17. The third kappa shape index (κ3) is 12.0. The minimum atomic E-state index is -0.152. The Labute approximate surface area is 410 Å². The van der Waals surface area contributed by atoms with Crippen LogP contribution in [0.4, 0.5) is 27.9 Å². The Morgan fingerprint density at radius 1 is 0.580 bits per heavy atom. The fraction of sp³-hybridized carbons (Fsp3) is 0.143. The number of aryl methyl sites for hydroxylation is 2. The van der Waals surface area contributed by atoms with E-state index in [0.717, 1.165) is 98.9 Å². The van der Waals surface area contributed by atoms with Crippen LogP contribution in [0.3, 0.4) is 0 Å². The Bertz CT molecular complexity index is 3150. The monoisotopic (exact) mass is 945 g/mol. The number of nitrogens with zero attached hydrogens (tertiary/aromatic N) is 6. The summed E-state index contributed by atoms with van der Waals surface area (Å²) in [5.74, 6) is -0.251. The Morgan fingerprint density at radius 2 is 1.20 bits per heavy atom. The van der Waals surface area contributed by atoms with Crippen molar-refractivity contribution in [3.63, 3.8) is 0 Å². The fourth-order valence-electron chi connectivity index (χ4n) is 7.83. The van der Waals surface area contributed by atoms with E-state index >= 15 is 0 Å². The molecular formula is C56H51N9O2S2. The molecule has 0 saturated carbocycles. The third-order valence-corrected chi connectivity index (χ3v) is 13.5. The van der Waals surface area contributed by atoms with E-state index in [9.17, 15) is 9.59 Å². The Hall–Kier alpha value is -7.84. The van der Waals surface area contributed by atoms with E-state index in [2.05, 4.69) is 72.2 Å². The predicted octanol–water partition coefficient (Wildman–Crippen LogP) is 12.3. The van der Waals surface area contributed by atoms with Crippen molar-refractivity contribution >= 4 is 62.4 Å². The zero-order valence-electron chi connectivity index (χ0n) is 38.6. The molecular weight excluding hydrogens is 895 g/mol. The second kappa shape index (κ2) is 21.9. The van der Waals surface area contributed by atoms with Crippen molar-refractivity contribution in [3.05, 3.63) is 208 Å². The van der Waals surface area contributed by atoms with Crippen molar-refractivity contribution in [1.82, 2.24) is 24.8 Å². The van der Waals surface area contributed by atoms with Gasteiger partial charge in [-0.25, -0.2) is 9.97 Å². The molecule has 0 bridgehead atoms. The maximum atomic E-state index is 13.0. The predicted molar refractivity (Wildman–Crippen MR) is 283 cm³/mol. The van der Waals surface area contributed by atoms with Gasteiger partial charge in [-0.3, -0.25) is 19.6 Å². The molecule has 1 aliphatic rings. The van der Waals surface area contributed by atoms with Gasteiger partial charge in [0.1, 0.15) is 0 Å². The van der Waals surface area contributed by atoms with Crippen molar-refractivity contribution < 1.29 is 9.59 Å². The molecule has 0 spiro atoms. The number of hydrogen-bond acceptors (Lipinski definition) is 11. The van der Waals surface area contributed by atoms with Crippen LogP contribution < -0.4 is 20.9 Å². The zero-order chi connectivity index (χ0) is 47.5. The molecule has 1 fully saturated rings. The van der Waals surface area contributed by atoms with E-state index in [4.69, 9.17) is 4.98 Å². The molecule has 0 radical (unpaired) electrons. The van der Waals surface area contributed by atoms with Crippen molar-refractivity contribution in [2.24, 2.45) is 0 Å². The minimum Gasteiger partial charge on any atom is -0.369 e. The summed E-state index contributed by atoms with van der Waals surface area (Å²) in [6.07, 6.45) is 7.86. The average Bonchev–Trinajstić information content (AvgIpc) is 4.08. The second-order valence-corrected chi connectivity index (χ2v) is 18.6. The van der Waals surface area contributed by atoms with Crippen LogP contribution in [0.2, 0.25) is 0 Å². The largest absolute Gasteiger partial charge is 0.369 e. The highest BCUT2D eigenvalue weighted by Gasteiger charge is 2.16. The summed E-state index contributed by atoms with van der Waals surface area (Å²) in [5, 5.41) is 15.3. The fourth-order valence-corrected chi connectivity index (χ4v) is 9.39. The Kier molecular flexibility index (Phi) is 14.7. The van der Waals surface area contributed by atoms with Gasteiger partial charge in [0, 0.05) is 113 Å². The molecule has 4 aromatic heterocycles. The maximum absolute atomic E-state index is 13.0. The van der Waals surface area contributed by atoms with Gasteiger partial charge in [-0.2, -0.15) is 0 Å². The van der Waals surface area contributed by atoms with Crippen molar-refractivity contribution in [1.29, 1.82) is 0 Å². The number of aromatic nitrogens is 4. The molecule has 2 amide bonds. The molecule has 0 aliphatic carbocycles. The molecule has 1 saturated heterocycles. The molecule has 9 aromatic rings. The number of likely N-dealkylation sites (N-methyl/N-ethyl adjacent to an activating group) is 1. The van der Waals surface area contributed by atoms with E-state index in [1.54, 1.807) is 29.9 Å². The van der Waals surface area contributed by atoms with Crippen LogP contribution in [0.1, 0.15) is 42.4 Å². The van der Waals surface area contributed by atoms with Gasteiger partial charge in [-0.1, -0.05) is 54.6 Å². The first-order valence-corrected chi connectivity index (χ1v) is 24.5.